The molecule has 2 N–H and O–H groups in total. The summed E-state index contributed by atoms with van der Waals surface area (Å²) in [5, 5.41) is 16.7. The number of carbonyl (C=O) groups excluding carboxylic acids is 2. The molecule has 0 bridgehead atoms. The summed E-state index contributed by atoms with van der Waals surface area (Å²) in [6.45, 7) is 0. The summed E-state index contributed by atoms with van der Waals surface area (Å²) in [4.78, 5) is 27.4. The first-order valence-electron chi connectivity index (χ1n) is 7.21. The topological polar surface area (TPSA) is 85.0 Å². The van der Waals surface area contributed by atoms with Gasteiger partial charge in [-0.3, -0.25) is 4.79 Å². The van der Waals surface area contributed by atoms with Crippen LogP contribution in [0.4, 0.5) is 0 Å². The summed E-state index contributed by atoms with van der Waals surface area (Å²) in [5.41, 5.74) is 1.77. The van der Waals surface area contributed by atoms with Crippen molar-refractivity contribution in [2.24, 2.45) is 0 Å². The summed E-state index contributed by atoms with van der Waals surface area (Å²) in [5.74, 6) is -1.60. The van der Waals surface area contributed by atoms with Gasteiger partial charge in [-0.05, 0) is 23.1 Å². The fourth-order valence-electron chi connectivity index (χ4n) is 2.53. The molecule has 0 aliphatic rings. The molecule has 23 heavy (non-hydrogen) atoms. The van der Waals surface area contributed by atoms with Crippen LogP contribution >= 0.6 is 11.3 Å². The lowest BCUT2D eigenvalue weighted by molar-refractivity contribution is -0.308. The van der Waals surface area contributed by atoms with Gasteiger partial charge in [0.2, 0.25) is 5.91 Å². The van der Waals surface area contributed by atoms with E-state index in [1.165, 1.54) is 11.3 Å². The van der Waals surface area contributed by atoms with E-state index in [0.717, 1.165) is 21.3 Å². The van der Waals surface area contributed by atoms with E-state index in [-0.39, 0.29) is 18.7 Å². The molecule has 2 aromatic heterocycles. The highest BCUT2D eigenvalue weighted by molar-refractivity contribution is 7.10. The number of aromatic nitrogens is 1. The molecule has 0 fully saturated rings. The van der Waals surface area contributed by atoms with Gasteiger partial charge in [-0.15, -0.1) is 11.3 Å². The number of thiophene rings is 1. The van der Waals surface area contributed by atoms with Crippen LogP contribution in [0.15, 0.2) is 48.0 Å². The second-order valence-corrected chi connectivity index (χ2v) is 6.29. The third kappa shape index (κ3) is 3.60. The zero-order chi connectivity index (χ0) is 16.2. The van der Waals surface area contributed by atoms with Crippen molar-refractivity contribution in [3.63, 3.8) is 0 Å². The van der Waals surface area contributed by atoms with E-state index < -0.39 is 12.0 Å². The molecule has 3 aromatic rings. The Bertz CT molecular complexity index is 823. The van der Waals surface area contributed by atoms with Crippen LogP contribution in [0, 0.1) is 0 Å². The van der Waals surface area contributed by atoms with Gasteiger partial charge in [-0.2, -0.15) is 0 Å². The first-order valence-corrected chi connectivity index (χ1v) is 8.09. The zero-order valence-electron chi connectivity index (χ0n) is 12.2. The van der Waals surface area contributed by atoms with Crippen molar-refractivity contribution in [3.05, 3.63) is 58.4 Å². The number of hydrogen-bond acceptors (Lipinski definition) is 4. The Morgan fingerprint density at radius 2 is 2.04 bits per heavy atom. The number of para-hydroxylation sites is 1. The average molecular weight is 327 g/mol. The largest absolute Gasteiger partial charge is 0.548 e. The lowest BCUT2D eigenvalue weighted by atomic mass is 10.0. The highest BCUT2D eigenvalue weighted by atomic mass is 32.1. The molecule has 0 spiro atoms. The number of carboxylic acid groups (broad SMARTS) is 1. The number of carbonyl (C=O) groups is 2. The van der Waals surface area contributed by atoms with Crippen molar-refractivity contribution in [2.75, 3.05) is 0 Å². The number of aromatic amines is 1. The Balaban J connectivity index is 1.71. The maximum atomic E-state index is 12.0. The maximum absolute atomic E-state index is 12.0. The first-order chi connectivity index (χ1) is 11.1. The van der Waals surface area contributed by atoms with Crippen LogP contribution in [0.1, 0.15) is 10.4 Å². The molecule has 5 nitrogen and oxygen atoms in total. The van der Waals surface area contributed by atoms with Gasteiger partial charge < -0.3 is 20.2 Å². The summed E-state index contributed by atoms with van der Waals surface area (Å²) >= 11 is 1.47. The van der Waals surface area contributed by atoms with Crippen molar-refractivity contribution in [1.82, 2.24) is 10.3 Å². The number of rotatable bonds is 6. The van der Waals surface area contributed by atoms with Crippen molar-refractivity contribution in [1.29, 1.82) is 0 Å². The van der Waals surface area contributed by atoms with Crippen molar-refractivity contribution in [3.8, 4) is 0 Å². The minimum atomic E-state index is -1.28. The third-order valence-corrected chi connectivity index (χ3v) is 4.51. The van der Waals surface area contributed by atoms with Gasteiger partial charge in [0.25, 0.3) is 0 Å². The van der Waals surface area contributed by atoms with E-state index in [1.54, 1.807) is 6.20 Å². The van der Waals surface area contributed by atoms with E-state index in [9.17, 15) is 14.7 Å². The molecular weight excluding hydrogens is 312 g/mol. The van der Waals surface area contributed by atoms with Crippen LogP contribution in [0.2, 0.25) is 0 Å². The van der Waals surface area contributed by atoms with Gasteiger partial charge in [-0.1, -0.05) is 24.3 Å². The molecule has 1 aromatic carbocycles. The van der Waals surface area contributed by atoms with Gasteiger partial charge in [-0.25, -0.2) is 0 Å². The molecule has 0 radical (unpaired) electrons. The normalized spacial score (nSPS) is 12.2. The fraction of sp³-hybridized carbons (Fsp3) is 0.176. The first kappa shape index (κ1) is 15.3. The minimum Gasteiger partial charge on any atom is -0.548 e. The summed E-state index contributed by atoms with van der Waals surface area (Å²) < 4.78 is 0. The van der Waals surface area contributed by atoms with Crippen LogP contribution in [-0.4, -0.2) is 22.9 Å². The predicted octanol–water partition coefficient (Wildman–Crippen LogP) is 1.25. The van der Waals surface area contributed by atoms with E-state index in [0.29, 0.717) is 0 Å². The quantitative estimate of drug-likeness (QED) is 0.714. The number of amides is 1. The predicted molar refractivity (Wildman–Crippen MR) is 87.0 cm³/mol. The molecule has 0 aliphatic heterocycles. The lowest BCUT2D eigenvalue weighted by Gasteiger charge is -2.19. The van der Waals surface area contributed by atoms with Gasteiger partial charge in [0, 0.05) is 28.4 Å². The van der Waals surface area contributed by atoms with E-state index in [2.05, 4.69) is 10.3 Å². The maximum Gasteiger partial charge on any atom is 0.225 e. The second-order valence-electron chi connectivity index (χ2n) is 5.26. The monoisotopic (exact) mass is 327 g/mol. The molecule has 1 amide bonds. The molecule has 0 unspecified atom stereocenters. The molecule has 6 heteroatoms. The van der Waals surface area contributed by atoms with Gasteiger partial charge in [0.1, 0.15) is 0 Å². The van der Waals surface area contributed by atoms with Gasteiger partial charge in [0.05, 0.1) is 18.4 Å². The standard InChI is InChI=1S/C17H16N2O3S/c20-16(9-12-4-3-7-23-12)19-15(17(21)22)8-11-10-18-14-6-2-1-5-13(11)14/h1-7,10,15,18H,8-9H2,(H,19,20)(H,21,22)/p-1/t15-/m1/s1. The van der Waals surface area contributed by atoms with Gasteiger partial charge in [0.15, 0.2) is 0 Å². The molecule has 0 saturated heterocycles. The highest BCUT2D eigenvalue weighted by Gasteiger charge is 2.16. The number of carboxylic acids is 1. The number of H-pyrrole nitrogens is 1. The Morgan fingerprint density at radius 3 is 2.78 bits per heavy atom. The van der Waals surface area contributed by atoms with E-state index in [4.69, 9.17) is 0 Å². The summed E-state index contributed by atoms with van der Waals surface area (Å²) in [7, 11) is 0. The SMILES string of the molecule is O=C(Cc1cccs1)N[C@H](Cc1c[nH]c2ccccc12)C(=O)[O-]. The minimum absolute atomic E-state index is 0.176. The molecule has 118 valence electrons. The van der Waals surface area contributed by atoms with Crippen LogP contribution in [0.3, 0.4) is 0 Å². The second kappa shape index (κ2) is 6.66. The van der Waals surface area contributed by atoms with E-state index >= 15 is 0 Å². The van der Waals surface area contributed by atoms with Crippen molar-refractivity contribution >= 4 is 34.1 Å². The van der Waals surface area contributed by atoms with Crippen LogP contribution in [0.25, 0.3) is 10.9 Å². The van der Waals surface area contributed by atoms with Crippen molar-refractivity contribution < 1.29 is 14.7 Å². The Morgan fingerprint density at radius 1 is 1.22 bits per heavy atom. The molecule has 0 aliphatic carbocycles. The molecular formula is C17H15N2O3S-. The summed E-state index contributed by atoms with van der Waals surface area (Å²) in [6, 6.07) is 10.3. The molecule has 2 heterocycles. The average Bonchev–Trinajstić information content (AvgIpc) is 3.16. The Kier molecular flexibility index (Phi) is 4.43. The zero-order valence-corrected chi connectivity index (χ0v) is 13.1. The third-order valence-electron chi connectivity index (χ3n) is 3.63. The summed E-state index contributed by atoms with van der Waals surface area (Å²) in [6.07, 6.45) is 2.13. The number of fused-ring (bicyclic) bond motifs is 1. The smallest absolute Gasteiger partial charge is 0.225 e. The van der Waals surface area contributed by atoms with Crippen LogP contribution in [0.5, 0.6) is 0 Å². The fourth-order valence-corrected chi connectivity index (χ4v) is 3.23. The van der Waals surface area contributed by atoms with Crippen molar-refractivity contribution in [2.45, 2.75) is 18.9 Å². The number of aliphatic carboxylic acids is 1. The molecule has 3 rings (SSSR count). The number of benzene rings is 1. The number of hydrogen-bond donors (Lipinski definition) is 2. The lowest BCUT2D eigenvalue weighted by Crippen LogP contribution is -2.49. The highest BCUT2D eigenvalue weighted by Crippen LogP contribution is 2.19. The Labute approximate surface area is 137 Å². The van der Waals surface area contributed by atoms with Crippen LogP contribution in [-0.2, 0) is 22.4 Å². The van der Waals surface area contributed by atoms with Crippen LogP contribution < -0.4 is 10.4 Å². The molecule has 0 saturated carbocycles. The van der Waals surface area contributed by atoms with E-state index in [1.807, 2.05) is 41.8 Å². The van der Waals surface area contributed by atoms with Gasteiger partial charge >= 0.3 is 0 Å². The Hall–Kier alpha value is -2.60. The number of nitrogens with one attached hydrogen (secondary N) is 2. The molecule has 1 atom stereocenters.